The number of carbonyl (C=O) groups is 2. The molecule has 0 saturated heterocycles. The van der Waals surface area contributed by atoms with Crippen LogP contribution in [0.5, 0.6) is 0 Å². The Morgan fingerprint density at radius 2 is 1.97 bits per heavy atom. The molecule has 0 radical (unpaired) electrons. The summed E-state index contributed by atoms with van der Waals surface area (Å²) in [5, 5.41) is 8.08. The lowest BCUT2D eigenvalue weighted by Crippen LogP contribution is -2.33. The summed E-state index contributed by atoms with van der Waals surface area (Å²) in [7, 11) is 0. The molecule has 0 saturated carbocycles. The monoisotopic (exact) mass is 436 g/mol. The van der Waals surface area contributed by atoms with Gasteiger partial charge in [-0.15, -0.1) is 0 Å². The topological polar surface area (TPSA) is 67.2 Å². The lowest BCUT2D eigenvalue weighted by Gasteiger charge is -2.29. The number of aryl methyl sites for hydroxylation is 1. The summed E-state index contributed by atoms with van der Waals surface area (Å²) in [5.74, 6) is -0.0983. The Kier molecular flexibility index (Phi) is 5.83. The first-order valence-corrected chi connectivity index (χ1v) is 10.8. The quantitative estimate of drug-likeness (QED) is 0.611. The minimum atomic E-state index is -0.212. The van der Waals surface area contributed by atoms with Crippen LogP contribution in [0.15, 0.2) is 48.7 Å². The average molecular weight is 437 g/mol. The molecule has 0 bridgehead atoms. The van der Waals surface area contributed by atoms with Gasteiger partial charge >= 0.3 is 0 Å². The first-order valence-electron chi connectivity index (χ1n) is 10.4. The number of hydrogen-bond acceptors (Lipinski definition) is 3. The standard InChI is InChI=1S/C24H25ClN4O2/c1-15(2)23-21(14-26-29(23)20-8-4-7-18(25)13-20)24(31)27-19-9-10-22-17(12-19)6-5-11-28(22)16(3)30/h4,7-10,12-15H,5-6,11H2,1-3H3,(H,27,31). The van der Waals surface area contributed by atoms with E-state index >= 15 is 0 Å². The van der Waals surface area contributed by atoms with Crippen LogP contribution in [0.1, 0.15) is 54.7 Å². The number of anilines is 2. The number of hydrogen-bond donors (Lipinski definition) is 1. The molecule has 7 heteroatoms. The molecule has 6 nitrogen and oxygen atoms in total. The van der Waals surface area contributed by atoms with E-state index in [1.54, 1.807) is 28.8 Å². The Hall–Kier alpha value is -3.12. The van der Waals surface area contributed by atoms with Gasteiger partial charge in [0, 0.05) is 29.9 Å². The van der Waals surface area contributed by atoms with Gasteiger partial charge in [0.2, 0.25) is 5.91 Å². The molecule has 0 spiro atoms. The molecule has 1 aliphatic rings. The summed E-state index contributed by atoms with van der Waals surface area (Å²) in [4.78, 5) is 26.8. The normalized spacial score (nSPS) is 13.3. The van der Waals surface area contributed by atoms with E-state index in [9.17, 15) is 9.59 Å². The van der Waals surface area contributed by atoms with E-state index in [0.29, 0.717) is 16.3 Å². The van der Waals surface area contributed by atoms with Gasteiger partial charge in [0.25, 0.3) is 5.91 Å². The number of benzene rings is 2. The van der Waals surface area contributed by atoms with Crippen LogP contribution in [0.4, 0.5) is 11.4 Å². The molecule has 2 aromatic carbocycles. The van der Waals surface area contributed by atoms with E-state index in [4.69, 9.17) is 11.6 Å². The zero-order valence-electron chi connectivity index (χ0n) is 17.9. The maximum absolute atomic E-state index is 13.1. The van der Waals surface area contributed by atoms with Crippen molar-refractivity contribution in [2.75, 3.05) is 16.8 Å². The third kappa shape index (κ3) is 4.21. The van der Waals surface area contributed by atoms with Crippen molar-refractivity contribution in [2.45, 2.75) is 39.5 Å². The predicted molar refractivity (Wildman–Crippen MR) is 123 cm³/mol. The minimum absolute atomic E-state index is 0.0349. The van der Waals surface area contributed by atoms with Crippen molar-refractivity contribution in [1.29, 1.82) is 0 Å². The number of nitrogens with zero attached hydrogens (tertiary/aromatic N) is 3. The van der Waals surface area contributed by atoms with E-state index < -0.39 is 0 Å². The second kappa shape index (κ2) is 8.55. The first kappa shape index (κ1) is 21.1. The van der Waals surface area contributed by atoms with Crippen molar-refractivity contribution in [2.24, 2.45) is 0 Å². The summed E-state index contributed by atoms with van der Waals surface area (Å²) >= 11 is 6.15. The molecule has 160 valence electrons. The van der Waals surface area contributed by atoms with Crippen LogP contribution < -0.4 is 10.2 Å². The van der Waals surface area contributed by atoms with Gasteiger partial charge in [0.15, 0.2) is 0 Å². The number of fused-ring (bicyclic) bond motifs is 1. The van der Waals surface area contributed by atoms with E-state index in [0.717, 1.165) is 42.0 Å². The summed E-state index contributed by atoms with van der Waals surface area (Å²) in [6.45, 7) is 6.37. The van der Waals surface area contributed by atoms with Crippen LogP contribution >= 0.6 is 11.6 Å². The van der Waals surface area contributed by atoms with Crippen molar-refractivity contribution in [1.82, 2.24) is 9.78 Å². The van der Waals surface area contributed by atoms with Crippen LogP contribution in [0.3, 0.4) is 0 Å². The summed E-state index contributed by atoms with van der Waals surface area (Å²) in [6.07, 6.45) is 3.39. The number of rotatable bonds is 4. The summed E-state index contributed by atoms with van der Waals surface area (Å²) in [6, 6.07) is 13.1. The van der Waals surface area contributed by atoms with Crippen molar-refractivity contribution in [3.05, 3.63) is 70.5 Å². The predicted octanol–water partition coefficient (Wildman–Crippen LogP) is 5.20. The largest absolute Gasteiger partial charge is 0.322 e. The Bertz CT molecular complexity index is 1150. The highest BCUT2D eigenvalue weighted by Crippen LogP contribution is 2.31. The number of halogens is 1. The van der Waals surface area contributed by atoms with Crippen molar-refractivity contribution in [3.8, 4) is 5.69 Å². The van der Waals surface area contributed by atoms with E-state index in [-0.39, 0.29) is 17.7 Å². The highest BCUT2D eigenvalue weighted by atomic mass is 35.5. The molecule has 1 N–H and O–H groups in total. The van der Waals surface area contributed by atoms with Gasteiger partial charge in [0.1, 0.15) is 0 Å². The number of amides is 2. The van der Waals surface area contributed by atoms with E-state index in [2.05, 4.69) is 10.4 Å². The molecule has 1 aliphatic heterocycles. The molecule has 31 heavy (non-hydrogen) atoms. The van der Waals surface area contributed by atoms with Gasteiger partial charge in [-0.2, -0.15) is 5.10 Å². The SMILES string of the molecule is CC(=O)N1CCCc2cc(NC(=O)c3cnn(-c4cccc(Cl)c4)c3C(C)C)ccc21. The summed E-state index contributed by atoms with van der Waals surface area (Å²) < 4.78 is 1.77. The Morgan fingerprint density at radius 1 is 1.16 bits per heavy atom. The highest BCUT2D eigenvalue weighted by Gasteiger charge is 2.23. The molecule has 0 unspecified atom stereocenters. The Labute approximate surface area is 186 Å². The summed E-state index contributed by atoms with van der Waals surface area (Å²) in [5.41, 5.74) is 4.86. The lowest BCUT2D eigenvalue weighted by molar-refractivity contribution is -0.116. The molecule has 4 rings (SSSR count). The molecule has 3 aromatic rings. The zero-order valence-corrected chi connectivity index (χ0v) is 18.6. The number of aromatic nitrogens is 2. The molecular weight excluding hydrogens is 412 g/mol. The zero-order chi connectivity index (χ0) is 22.1. The highest BCUT2D eigenvalue weighted by molar-refractivity contribution is 6.30. The second-order valence-corrected chi connectivity index (χ2v) is 8.50. The van der Waals surface area contributed by atoms with Crippen LogP contribution in [0.2, 0.25) is 5.02 Å². The number of carbonyl (C=O) groups excluding carboxylic acids is 2. The van der Waals surface area contributed by atoms with Crippen molar-refractivity contribution in [3.63, 3.8) is 0 Å². The molecule has 0 fully saturated rings. The van der Waals surface area contributed by atoms with Crippen LogP contribution in [0, 0.1) is 0 Å². The van der Waals surface area contributed by atoms with Crippen molar-refractivity contribution < 1.29 is 9.59 Å². The van der Waals surface area contributed by atoms with Gasteiger partial charge in [-0.05, 0) is 60.7 Å². The Balaban J connectivity index is 1.63. The fraction of sp³-hybridized carbons (Fsp3) is 0.292. The molecule has 2 heterocycles. The fourth-order valence-electron chi connectivity index (χ4n) is 4.10. The van der Waals surface area contributed by atoms with Gasteiger partial charge in [0.05, 0.1) is 23.1 Å². The molecule has 1 aromatic heterocycles. The maximum atomic E-state index is 13.1. The molecular formula is C24H25ClN4O2. The third-order valence-corrected chi connectivity index (χ3v) is 5.72. The lowest BCUT2D eigenvalue weighted by atomic mass is 10.0. The second-order valence-electron chi connectivity index (χ2n) is 8.06. The van der Waals surface area contributed by atoms with Gasteiger partial charge in [-0.1, -0.05) is 31.5 Å². The van der Waals surface area contributed by atoms with Gasteiger partial charge in [-0.25, -0.2) is 4.68 Å². The van der Waals surface area contributed by atoms with E-state index in [1.807, 2.05) is 50.2 Å². The number of nitrogens with one attached hydrogen (secondary N) is 1. The van der Waals surface area contributed by atoms with Crippen LogP contribution in [-0.2, 0) is 11.2 Å². The van der Waals surface area contributed by atoms with E-state index in [1.165, 1.54) is 0 Å². The Morgan fingerprint density at radius 3 is 2.68 bits per heavy atom. The first-order chi connectivity index (χ1) is 14.8. The van der Waals surface area contributed by atoms with Gasteiger partial charge < -0.3 is 10.2 Å². The molecule has 0 atom stereocenters. The molecule has 2 amide bonds. The third-order valence-electron chi connectivity index (χ3n) is 5.49. The smallest absolute Gasteiger partial charge is 0.259 e. The van der Waals surface area contributed by atoms with Gasteiger partial charge in [-0.3, -0.25) is 9.59 Å². The van der Waals surface area contributed by atoms with Crippen LogP contribution in [-0.4, -0.2) is 28.1 Å². The minimum Gasteiger partial charge on any atom is -0.322 e. The fourth-order valence-corrected chi connectivity index (χ4v) is 4.29. The molecule has 0 aliphatic carbocycles. The van der Waals surface area contributed by atoms with Crippen molar-refractivity contribution >= 4 is 34.8 Å². The van der Waals surface area contributed by atoms with Crippen LogP contribution in [0.25, 0.3) is 5.69 Å². The maximum Gasteiger partial charge on any atom is 0.259 e. The average Bonchev–Trinajstić information content (AvgIpc) is 3.19.